The molecule has 9 rings (SSSR count). The largest absolute Gasteiger partial charge is 0.489 e. The number of aliphatic carboxylic acids is 4. The lowest BCUT2D eigenvalue weighted by molar-refractivity contribution is -0.140. The molecular formula is C68H58N4O14. The van der Waals surface area contributed by atoms with Gasteiger partial charge in [-0.1, -0.05) is 170 Å². The quantitative estimate of drug-likeness (QED) is 0.0235. The predicted molar refractivity (Wildman–Crippen MR) is 319 cm³/mol. The standard InChI is InChI=1S/C68H58N4O14/c73-61(69-57(65(77)78)29-41-17-5-1-6-18-41)45-33-46(62(74)70-58(66(79)80)30-42-19-7-2-8-20-42)36-49(35-45)85-39-55-51-25-13-15-27-53(51)56(54-28-16-14-26-52(54)55)40-86-50-37-47(63(75)71-59(67(81)82)31-43-21-9-3-10-22-43)34-48(38-50)64(76)72-60(68(83)84)32-44-23-11-4-12-24-44/h1-28,33-38,57-60H,29-32,39-40H2,(H,69,73)(H,70,74)(H,71,75)(H,72,76)(H,77,78)(H,79,80)(H,81,82)(H,83,84)/t57-,58-,59-,60+/m0/s1. The van der Waals surface area contributed by atoms with Crippen LogP contribution in [0.3, 0.4) is 0 Å². The Balaban J connectivity index is 1.04. The molecule has 4 atom stereocenters. The molecule has 0 aliphatic rings. The molecule has 86 heavy (non-hydrogen) atoms. The SMILES string of the molecule is O=C(N[C@@H](Cc1ccccc1)C(=O)O)c1cc(OCc2c3ccccc3c(COc3cc(C(=O)N[C@@H](Cc4ccccc4)C(=O)O)cc(C(=O)N[C@H](Cc4ccccc4)C(=O)O)c3)c3ccccc23)cc(C(=O)N[C@@H](Cc2ccccc2)C(=O)O)c1. The van der Waals surface area contributed by atoms with Gasteiger partial charge in [0, 0.05) is 59.1 Å². The van der Waals surface area contributed by atoms with Crippen molar-refractivity contribution in [1.29, 1.82) is 0 Å². The maximum absolute atomic E-state index is 14.1. The number of rotatable bonds is 26. The number of carbonyl (C=O) groups excluding carboxylic acids is 4. The third-order valence-corrected chi connectivity index (χ3v) is 14.3. The summed E-state index contributed by atoms with van der Waals surface area (Å²) in [5, 5.41) is 53.8. The third kappa shape index (κ3) is 15.3. The van der Waals surface area contributed by atoms with E-state index in [1.807, 2.05) is 48.5 Å². The van der Waals surface area contributed by atoms with E-state index in [-0.39, 0.29) is 72.6 Å². The Labute approximate surface area is 493 Å². The van der Waals surface area contributed by atoms with Crippen molar-refractivity contribution in [2.45, 2.75) is 63.1 Å². The molecule has 0 saturated heterocycles. The van der Waals surface area contributed by atoms with Crippen LogP contribution in [0.2, 0.25) is 0 Å². The summed E-state index contributed by atoms with van der Waals surface area (Å²) in [6.45, 7) is -0.324. The Hall–Kier alpha value is -11.1. The molecule has 9 aromatic rings. The van der Waals surface area contributed by atoms with Crippen LogP contribution in [-0.2, 0) is 58.1 Å². The van der Waals surface area contributed by atoms with Crippen LogP contribution in [0, 0.1) is 0 Å². The van der Waals surface area contributed by atoms with Gasteiger partial charge in [-0.3, -0.25) is 19.2 Å². The number of nitrogens with one attached hydrogen (secondary N) is 4. The minimum Gasteiger partial charge on any atom is -0.489 e. The molecule has 0 heterocycles. The lowest BCUT2D eigenvalue weighted by atomic mass is 9.92. The van der Waals surface area contributed by atoms with Gasteiger partial charge in [0.2, 0.25) is 0 Å². The van der Waals surface area contributed by atoms with Crippen molar-refractivity contribution < 1.29 is 68.3 Å². The summed E-state index contributed by atoms with van der Waals surface area (Å²) in [5.41, 5.74) is 3.33. The van der Waals surface area contributed by atoms with Crippen LogP contribution in [0.25, 0.3) is 21.5 Å². The fourth-order valence-electron chi connectivity index (χ4n) is 9.99. The number of amides is 4. The molecular weight excluding hydrogens is 1100 g/mol. The highest BCUT2D eigenvalue weighted by molar-refractivity contribution is 6.07. The van der Waals surface area contributed by atoms with Gasteiger partial charge >= 0.3 is 23.9 Å². The smallest absolute Gasteiger partial charge is 0.326 e. The van der Waals surface area contributed by atoms with Crippen molar-refractivity contribution in [2.24, 2.45) is 0 Å². The summed E-state index contributed by atoms with van der Waals surface area (Å²) in [7, 11) is 0. The molecule has 0 aliphatic heterocycles. The maximum atomic E-state index is 14.1. The topological polar surface area (TPSA) is 284 Å². The van der Waals surface area contributed by atoms with E-state index in [4.69, 9.17) is 9.47 Å². The van der Waals surface area contributed by atoms with Gasteiger partial charge in [0.25, 0.3) is 23.6 Å². The van der Waals surface area contributed by atoms with E-state index in [0.717, 1.165) is 0 Å². The molecule has 9 aromatic carbocycles. The van der Waals surface area contributed by atoms with Gasteiger partial charge in [0.15, 0.2) is 0 Å². The average molecular weight is 1160 g/mol. The van der Waals surface area contributed by atoms with Crippen LogP contribution in [-0.4, -0.2) is 92.1 Å². The summed E-state index contributed by atoms with van der Waals surface area (Å²) in [6.07, 6.45) is -0.209. The number of carbonyl (C=O) groups is 8. The predicted octanol–water partition coefficient (Wildman–Crippen LogP) is 8.85. The van der Waals surface area contributed by atoms with E-state index in [2.05, 4.69) is 21.3 Å². The lowest BCUT2D eigenvalue weighted by Gasteiger charge is -2.20. The van der Waals surface area contributed by atoms with E-state index in [1.165, 1.54) is 36.4 Å². The van der Waals surface area contributed by atoms with E-state index in [1.54, 1.807) is 121 Å². The highest BCUT2D eigenvalue weighted by Crippen LogP contribution is 2.35. The van der Waals surface area contributed by atoms with Crippen molar-refractivity contribution in [3.05, 3.63) is 262 Å². The number of hydrogen-bond donors (Lipinski definition) is 8. The first-order chi connectivity index (χ1) is 41.6. The molecule has 0 spiro atoms. The maximum Gasteiger partial charge on any atom is 0.326 e. The normalized spacial score (nSPS) is 12.4. The number of hydrogen-bond acceptors (Lipinski definition) is 10. The first kappa shape index (κ1) is 59.5. The number of carboxylic acid groups (broad SMARTS) is 4. The van der Waals surface area contributed by atoms with Gasteiger partial charge in [-0.15, -0.1) is 0 Å². The fraction of sp³-hybridized carbons (Fsp3) is 0.147. The molecule has 434 valence electrons. The second kappa shape index (κ2) is 27.8. The molecule has 0 radical (unpaired) electrons. The Morgan fingerprint density at radius 2 is 0.512 bits per heavy atom. The van der Waals surface area contributed by atoms with Gasteiger partial charge in [-0.05, 0) is 80.2 Å². The number of ether oxygens (including phenoxy) is 2. The van der Waals surface area contributed by atoms with Gasteiger partial charge in [-0.2, -0.15) is 0 Å². The number of carboxylic acids is 4. The third-order valence-electron chi connectivity index (χ3n) is 14.3. The number of benzene rings is 9. The van der Waals surface area contributed by atoms with Crippen LogP contribution in [0.4, 0.5) is 0 Å². The summed E-state index contributed by atoms with van der Waals surface area (Å²) in [4.78, 5) is 106. The van der Waals surface area contributed by atoms with Gasteiger partial charge in [0.05, 0.1) is 0 Å². The summed E-state index contributed by atoms with van der Waals surface area (Å²) < 4.78 is 13.0. The Bertz CT molecular complexity index is 3480. The van der Waals surface area contributed by atoms with Crippen molar-refractivity contribution in [2.75, 3.05) is 0 Å². The average Bonchev–Trinajstić information content (AvgIpc) is 1.26. The molecule has 8 N–H and O–H groups in total. The van der Waals surface area contributed by atoms with Crippen molar-refractivity contribution in [1.82, 2.24) is 21.3 Å². The van der Waals surface area contributed by atoms with E-state index in [9.17, 15) is 58.8 Å². The minimum absolute atomic E-state index is 0.0153. The van der Waals surface area contributed by atoms with Gasteiger partial charge in [-0.25, -0.2) is 19.2 Å². The molecule has 0 bridgehead atoms. The molecule has 0 unspecified atom stereocenters. The summed E-state index contributed by atoms with van der Waals surface area (Å²) in [6, 6.07) is 52.0. The zero-order chi connectivity index (χ0) is 60.7. The Morgan fingerprint density at radius 1 is 0.302 bits per heavy atom. The Kier molecular flexibility index (Phi) is 19.2. The summed E-state index contributed by atoms with van der Waals surface area (Å²) >= 11 is 0. The summed E-state index contributed by atoms with van der Waals surface area (Å²) in [5.74, 6) is -8.54. The highest BCUT2D eigenvalue weighted by Gasteiger charge is 2.28. The zero-order valence-corrected chi connectivity index (χ0v) is 46.1. The van der Waals surface area contributed by atoms with Crippen molar-refractivity contribution in [3.8, 4) is 11.5 Å². The van der Waals surface area contributed by atoms with Crippen LogP contribution < -0.4 is 30.7 Å². The first-order valence-electron chi connectivity index (χ1n) is 27.3. The van der Waals surface area contributed by atoms with Crippen LogP contribution >= 0.6 is 0 Å². The van der Waals surface area contributed by atoms with E-state index in [0.29, 0.717) is 54.9 Å². The fourth-order valence-corrected chi connectivity index (χ4v) is 9.99. The van der Waals surface area contributed by atoms with Crippen LogP contribution in [0.15, 0.2) is 206 Å². The molecule has 0 saturated carbocycles. The number of fused-ring (bicyclic) bond motifs is 2. The second-order valence-corrected chi connectivity index (χ2v) is 20.3. The lowest BCUT2D eigenvalue weighted by Crippen LogP contribution is -2.43. The molecule has 18 heteroatoms. The first-order valence-corrected chi connectivity index (χ1v) is 27.3. The van der Waals surface area contributed by atoms with Crippen LogP contribution in [0.5, 0.6) is 11.5 Å². The zero-order valence-electron chi connectivity index (χ0n) is 46.1. The second-order valence-electron chi connectivity index (χ2n) is 20.3. The minimum atomic E-state index is -1.37. The molecule has 0 fully saturated rings. The highest BCUT2D eigenvalue weighted by atomic mass is 16.5. The van der Waals surface area contributed by atoms with E-state index < -0.39 is 71.7 Å². The van der Waals surface area contributed by atoms with Gasteiger partial charge < -0.3 is 51.2 Å². The van der Waals surface area contributed by atoms with Crippen molar-refractivity contribution >= 4 is 69.1 Å². The Morgan fingerprint density at radius 3 is 0.721 bits per heavy atom. The van der Waals surface area contributed by atoms with E-state index >= 15 is 0 Å². The molecule has 18 nitrogen and oxygen atoms in total. The monoisotopic (exact) mass is 1150 g/mol. The molecule has 0 aromatic heterocycles. The van der Waals surface area contributed by atoms with Crippen molar-refractivity contribution in [3.63, 3.8) is 0 Å². The molecule has 0 aliphatic carbocycles. The van der Waals surface area contributed by atoms with Crippen LogP contribution in [0.1, 0.15) is 74.8 Å². The molecule has 4 amide bonds. The van der Waals surface area contributed by atoms with Gasteiger partial charge in [0.1, 0.15) is 48.9 Å².